The van der Waals surface area contributed by atoms with Gasteiger partial charge in [-0.25, -0.2) is 4.79 Å². The lowest BCUT2D eigenvalue weighted by Gasteiger charge is -2.27. The number of ether oxygens (including phenoxy) is 1. The van der Waals surface area contributed by atoms with Crippen LogP contribution in [-0.2, 0) is 20.9 Å². The summed E-state index contributed by atoms with van der Waals surface area (Å²) in [6.07, 6.45) is 0.510. The van der Waals surface area contributed by atoms with Crippen LogP contribution in [0.3, 0.4) is 0 Å². The van der Waals surface area contributed by atoms with Crippen molar-refractivity contribution >= 4 is 29.4 Å². The number of urea groups is 1. The van der Waals surface area contributed by atoms with Crippen LogP contribution in [0.15, 0.2) is 24.3 Å². The van der Waals surface area contributed by atoms with Gasteiger partial charge in [-0.3, -0.25) is 14.5 Å². The molecule has 0 aromatic heterocycles. The Labute approximate surface area is 150 Å². The lowest BCUT2D eigenvalue weighted by atomic mass is 10.1. The van der Waals surface area contributed by atoms with Crippen molar-refractivity contribution in [1.29, 1.82) is 0 Å². The third-order valence-electron chi connectivity index (χ3n) is 4.40. The minimum atomic E-state index is -0.667. The molecule has 0 spiro atoms. The Morgan fingerprint density at radius 1 is 1.24 bits per heavy atom. The van der Waals surface area contributed by atoms with Crippen molar-refractivity contribution in [3.63, 3.8) is 0 Å². The highest BCUT2D eigenvalue weighted by molar-refractivity contribution is 6.31. The molecule has 0 bridgehead atoms. The van der Waals surface area contributed by atoms with E-state index in [1.165, 1.54) is 0 Å². The monoisotopic (exact) mass is 365 g/mol. The van der Waals surface area contributed by atoms with Crippen LogP contribution in [0, 0.1) is 0 Å². The van der Waals surface area contributed by atoms with E-state index in [4.69, 9.17) is 16.3 Å². The van der Waals surface area contributed by atoms with E-state index in [-0.39, 0.29) is 24.8 Å². The lowest BCUT2D eigenvalue weighted by Crippen LogP contribution is -2.41. The maximum Gasteiger partial charge on any atom is 0.325 e. The summed E-state index contributed by atoms with van der Waals surface area (Å²) in [5.41, 5.74) is 0.706. The van der Waals surface area contributed by atoms with Crippen LogP contribution in [0.4, 0.5) is 4.79 Å². The van der Waals surface area contributed by atoms with Gasteiger partial charge in [0.2, 0.25) is 5.91 Å². The smallest absolute Gasteiger partial charge is 0.325 e. The molecule has 25 heavy (non-hydrogen) atoms. The fourth-order valence-corrected chi connectivity index (χ4v) is 3.15. The Morgan fingerprint density at radius 3 is 2.68 bits per heavy atom. The quantitative estimate of drug-likeness (QED) is 0.800. The second kappa shape index (κ2) is 7.84. The van der Waals surface area contributed by atoms with Crippen LogP contribution in [0.1, 0.15) is 18.4 Å². The number of hydrogen-bond donors (Lipinski definition) is 1. The largest absolute Gasteiger partial charge is 0.378 e. The first-order valence-electron chi connectivity index (χ1n) is 8.27. The van der Waals surface area contributed by atoms with Gasteiger partial charge in [-0.2, -0.15) is 0 Å². The fourth-order valence-electron chi connectivity index (χ4n) is 2.96. The number of nitrogens with zero attached hydrogens (tertiary/aromatic N) is 2. The number of hydrogen-bond acceptors (Lipinski definition) is 4. The van der Waals surface area contributed by atoms with Crippen molar-refractivity contribution in [2.24, 2.45) is 0 Å². The van der Waals surface area contributed by atoms with Gasteiger partial charge in [-0.15, -0.1) is 0 Å². The molecule has 2 saturated heterocycles. The molecule has 0 unspecified atom stereocenters. The minimum absolute atomic E-state index is 0.0186. The van der Waals surface area contributed by atoms with Crippen LogP contribution in [-0.4, -0.2) is 60.0 Å². The third kappa shape index (κ3) is 4.11. The van der Waals surface area contributed by atoms with E-state index < -0.39 is 12.1 Å². The molecule has 7 nitrogen and oxygen atoms in total. The molecule has 3 rings (SSSR count). The summed E-state index contributed by atoms with van der Waals surface area (Å²) in [4.78, 5) is 39.6. The first-order chi connectivity index (χ1) is 12.1. The number of morpholine rings is 1. The van der Waals surface area contributed by atoms with Crippen molar-refractivity contribution in [1.82, 2.24) is 15.1 Å². The van der Waals surface area contributed by atoms with Gasteiger partial charge in [0.15, 0.2) is 0 Å². The Hall–Kier alpha value is -2.12. The van der Waals surface area contributed by atoms with Crippen molar-refractivity contribution in [3.05, 3.63) is 34.9 Å². The Kier molecular flexibility index (Phi) is 5.55. The second-order valence-corrected chi connectivity index (χ2v) is 6.46. The zero-order valence-electron chi connectivity index (χ0n) is 13.7. The van der Waals surface area contributed by atoms with E-state index in [0.717, 1.165) is 4.90 Å². The molecule has 2 heterocycles. The summed E-state index contributed by atoms with van der Waals surface area (Å²) in [7, 11) is 0. The summed E-state index contributed by atoms with van der Waals surface area (Å²) in [5.74, 6) is -0.338. The maximum absolute atomic E-state index is 12.5. The number of carbonyl (C=O) groups is 3. The predicted octanol–water partition coefficient (Wildman–Crippen LogP) is 1.40. The van der Waals surface area contributed by atoms with E-state index in [1.54, 1.807) is 29.2 Å². The van der Waals surface area contributed by atoms with E-state index >= 15 is 0 Å². The van der Waals surface area contributed by atoms with Gasteiger partial charge in [-0.05, 0) is 18.1 Å². The zero-order valence-corrected chi connectivity index (χ0v) is 14.5. The molecular weight excluding hydrogens is 346 g/mol. The molecule has 1 N–H and O–H groups in total. The van der Waals surface area contributed by atoms with Gasteiger partial charge in [-0.1, -0.05) is 29.8 Å². The number of imide groups is 1. The summed E-state index contributed by atoms with van der Waals surface area (Å²) < 4.78 is 5.22. The van der Waals surface area contributed by atoms with E-state index in [2.05, 4.69) is 5.32 Å². The molecule has 0 radical (unpaired) electrons. The van der Waals surface area contributed by atoms with Gasteiger partial charge in [0, 0.05) is 24.5 Å². The number of amides is 4. The Balaban J connectivity index is 1.55. The number of carbonyl (C=O) groups excluding carboxylic acids is 3. The highest BCUT2D eigenvalue weighted by Gasteiger charge is 2.38. The summed E-state index contributed by atoms with van der Waals surface area (Å²) in [5, 5.41) is 3.16. The summed E-state index contributed by atoms with van der Waals surface area (Å²) in [6.45, 7) is 2.34. The fraction of sp³-hybridized carbons (Fsp3) is 0.471. The zero-order chi connectivity index (χ0) is 17.8. The van der Waals surface area contributed by atoms with Crippen molar-refractivity contribution < 1.29 is 19.1 Å². The van der Waals surface area contributed by atoms with Crippen LogP contribution < -0.4 is 5.32 Å². The maximum atomic E-state index is 12.5. The summed E-state index contributed by atoms with van der Waals surface area (Å²) >= 11 is 6.09. The van der Waals surface area contributed by atoms with Crippen LogP contribution in [0.2, 0.25) is 5.02 Å². The first-order valence-corrected chi connectivity index (χ1v) is 8.65. The van der Waals surface area contributed by atoms with E-state index in [1.807, 2.05) is 0 Å². The number of halogens is 1. The average Bonchev–Trinajstić information content (AvgIpc) is 2.89. The average molecular weight is 366 g/mol. The molecule has 1 aromatic rings. The molecule has 8 heteroatoms. The van der Waals surface area contributed by atoms with E-state index in [0.29, 0.717) is 43.3 Å². The molecular formula is C17H20ClN3O4. The van der Waals surface area contributed by atoms with Crippen molar-refractivity contribution in [2.45, 2.75) is 25.4 Å². The van der Waals surface area contributed by atoms with Crippen molar-refractivity contribution in [2.75, 3.05) is 26.3 Å². The normalized spacial score (nSPS) is 20.8. The number of rotatable bonds is 5. The SMILES string of the molecule is O=C(CC[C@H]1NC(=O)N(Cc2ccccc2Cl)C1=O)N1CCOCC1. The minimum Gasteiger partial charge on any atom is -0.378 e. The molecule has 4 amide bonds. The molecule has 1 atom stereocenters. The Morgan fingerprint density at radius 2 is 1.96 bits per heavy atom. The first kappa shape index (κ1) is 17.7. The predicted molar refractivity (Wildman–Crippen MR) is 91.0 cm³/mol. The third-order valence-corrected chi connectivity index (χ3v) is 4.77. The van der Waals surface area contributed by atoms with Crippen LogP contribution >= 0.6 is 11.6 Å². The molecule has 0 aliphatic carbocycles. The van der Waals surface area contributed by atoms with Gasteiger partial charge in [0.1, 0.15) is 6.04 Å². The number of nitrogens with one attached hydrogen (secondary N) is 1. The topological polar surface area (TPSA) is 79.0 Å². The van der Waals surface area contributed by atoms with Gasteiger partial charge in [0.05, 0.1) is 19.8 Å². The molecule has 1 aromatic carbocycles. The van der Waals surface area contributed by atoms with Gasteiger partial charge < -0.3 is 15.0 Å². The highest BCUT2D eigenvalue weighted by atomic mass is 35.5. The second-order valence-electron chi connectivity index (χ2n) is 6.05. The van der Waals surface area contributed by atoms with Crippen LogP contribution in [0.5, 0.6) is 0 Å². The standard InChI is InChI=1S/C17H20ClN3O4/c18-13-4-2-1-3-12(13)11-21-16(23)14(19-17(21)24)5-6-15(22)20-7-9-25-10-8-20/h1-4,14H,5-11H2,(H,19,24)/t14-/m1/s1. The van der Waals surface area contributed by atoms with E-state index in [9.17, 15) is 14.4 Å². The summed E-state index contributed by atoms with van der Waals surface area (Å²) in [6, 6.07) is 5.97. The molecule has 2 fully saturated rings. The molecule has 0 saturated carbocycles. The molecule has 2 aliphatic heterocycles. The molecule has 2 aliphatic rings. The van der Waals surface area contributed by atoms with Gasteiger partial charge in [0.25, 0.3) is 5.91 Å². The number of benzene rings is 1. The van der Waals surface area contributed by atoms with Crippen molar-refractivity contribution in [3.8, 4) is 0 Å². The Bertz CT molecular complexity index is 676. The molecule has 134 valence electrons. The van der Waals surface area contributed by atoms with Crippen LogP contribution in [0.25, 0.3) is 0 Å². The lowest BCUT2D eigenvalue weighted by molar-refractivity contribution is -0.135. The van der Waals surface area contributed by atoms with Gasteiger partial charge >= 0.3 is 6.03 Å². The highest BCUT2D eigenvalue weighted by Crippen LogP contribution is 2.20.